The molecule has 32 heavy (non-hydrogen) atoms. The maximum absolute atomic E-state index is 5.62. The monoisotopic (exact) mass is 426 g/mol. The first kappa shape index (κ1) is 21.1. The molecule has 3 aromatic carbocycles. The highest BCUT2D eigenvalue weighted by Gasteiger charge is 2.32. The van der Waals surface area contributed by atoms with Crippen LogP contribution in [0.15, 0.2) is 48.5 Å². The molecule has 2 aliphatic carbocycles. The molecule has 5 rings (SSSR count). The molecular weight excluding hydrogens is 392 g/mol. The number of aryl methyl sites for hydroxylation is 2. The zero-order chi connectivity index (χ0) is 22.7. The molecule has 3 aromatic rings. The first-order chi connectivity index (χ1) is 15.2. The zero-order valence-corrected chi connectivity index (χ0v) is 20.3. The second-order valence-electron chi connectivity index (χ2n) is 10.8. The van der Waals surface area contributed by atoms with Gasteiger partial charge in [0.15, 0.2) is 0 Å². The van der Waals surface area contributed by atoms with Gasteiger partial charge in [-0.15, -0.1) is 0 Å². The summed E-state index contributed by atoms with van der Waals surface area (Å²) in [5.74, 6) is 1.86. The second-order valence-corrected chi connectivity index (χ2v) is 10.8. The molecule has 0 heterocycles. The molecule has 2 heteroatoms. The summed E-state index contributed by atoms with van der Waals surface area (Å²) in [6.45, 7) is 9.49. The van der Waals surface area contributed by atoms with E-state index < -0.39 is 0 Å². The van der Waals surface area contributed by atoms with Gasteiger partial charge in [-0.25, -0.2) is 0 Å². The molecule has 2 aliphatic rings. The summed E-state index contributed by atoms with van der Waals surface area (Å²) >= 11 is 0. The van der Waals surface area contributed by atoms with E-state index >= 15 is 0 Å². The molecule has 0 saturated carbocycles. The maximum Gasteiger partial charge on any atom is 0.119 e. The van der Waals surface area contributed by atoms with Gasteiger partial charge in [-0.2, -0.15) is 0 Å². The average molecular weight is 427 g/mol. The van der Waals surface area contributed by atoms with Crippen molar-refractivity contribution in [3.63, 3.8) is 0 Å². The number of hydrogen-bond donors (Lipinski definition) is 0. The summed E-state index contributed by atoms with van der Waals surface area (Å²) in [5, 5.41) is 0. The summed E-state index contributed by atoms with van der Waals surface area (Å²) in [6, 6.07) is 18.2. The van der Waals surface area contributed by atoms with Crippen molar-refractivity contribution < 1.29 is 9.47 Å². The van der Waals surface area contributed by atoms with Crippen LogP contribution in [0.4, 0.5) is 0 Å². The van der Waals surface area contributed by atoms with Crippen molar-refractivity contribution >= 4 is 0 Å². The Morgan fingerprint density at radius 3 is 1.34 bits per heavy atom. The van der Waals surface area contributed by atoms with Gasteiger partial charge in [0.05, 0.1) is 14.2 Å². The largest absolute Gasteiger partial charge is 0.497 e. The van der Waals surface area contributed by atoms with Crippen LogP contribution in [0.2, 0.25) is 0 Å². The van der Waals surface area contributed by atoms with Gasteiger partial charge in [-0.05, 0) is 105 Å². The Morgan fingerprint density at radius 2 is 0.969 bits per heavy atom. The molecule has 0 spiro atoms. The molecule has 0 N–H and O–H groups in total. The van der Waals surface area contributed by atoms with E-state index in [0.29, 0.717) is 0 Å². The Morgan fingerprint density at radius 1 is 0.562 bits per heavy atom. The van der Waals surface area contributed by atoms with E-state index in [2.05, 4.69) is 76.2 Å². The Hall–Kier alpha value is -2.74. The van der Waals surface area contributed by atoms with Gasteiger partial charge in [0.25, 0.3) is 0 Å². The summed E-state index contributed by atoms with van der Waals surface area (Å²) in [4.78, 5) is 0. The first-order valence-corrected chi connectivity index (χ1v) is 11.8. The zero-order valence-electron chi connectivity index (χ0n) is 20.3. The summed E-state index contributed by atoms with van der Waals surface area (Å²) in [7, 11) is 3.52. The van der Waals surface area contributed by atoms with Crippen LogP contribution in [0.25, 0.3) is 22.3 Å². The first-order valence-electron chi connectivity index (χ1n) is 11.8. The third kappa shape index (κ3) is 3.32. The highest BCUT2D eigenvalue weighted by atomic mass is 16.5. The molecule has 0 radical (unpaired) electrons. The van der Waals surface area contributed by atoms with Crippen molar-refractivity contribution in [2.45, 2.75) is 64.2 Å². The van der Waals surface area contributed by atoms with E-state index in [4.69, 9.17) is 9.47 Å². The topological polar surface area (TPSA) is 18.5 Å². The molecule has 0 bridgehead atoms. The quantitative estimate of drug-likeness (QED) is 0.423. The fourth-order valence-electron chi connectivity index (χ4n) is 5.69. The minimum atomic E-state index is 0.126. The smallest absolute Gasteiger partial charge is 0.119 e. The lowest BCUT2D eigenvalue weighted by molar-refractivity contribution is 0.414. The maximum atomic E-state index is 5.62. The molecule has 0 aliphatic heterocycles. The van der Waals surface area contributed by atoms with E-state index in [-0.39, 0.29) is 10.8 Å². The van der Waals surface area contributed by atoms with Crippen molar-refractivity contribution in [2.24, 2.45) is 0 Å². The third-order valence-corrected chi connectivity index (χ3v) is 7.86. The average Bonchev–Trinajstić information content (AvgIpc) is 2.97. The van der Waals surface area contributed by atoms with Crippen molar-refractivity contribution in [3.8, 4) is 33.8 Å². The van der Waals surface area contributed by atoms with Gasteiger partial charge in [0.1, 0.15) is 11.5 Å². The van der Waals surface area contributed by atoms with Gasteiger partial charge in [-0.1, -0.05) is 52.0 Å². The lowest BCUT2D eigenvalue weighted by Crippen LogP contribution is -2.17. The van der Waals surface area contributed by atoms with Crippen LogP contribution in [-0.2, 0) is 23.7 Å². The van der Waals surface area contributed by atoms with E-state index in [0.717, 1.165) is 37.2 Å². The van der Waals surface area contributed by atoms with Crippen LogP contribution in [-0.4, -0.2) is 14.2 Å². The molecule has 2 nitrogen and oxygen atoms in total. The van der Waals surface area contributed by atoms with Crippen molar-refractivity contribution in [3.05, 3.63) is 70.8 Å². The Labute approximate surface area is 192 Å². The molecular formula is C30H34O2. The molecule has 166 valence electrons. The number of ether oxygens (including phenoxy) is 2. The molecule has 0 unspecified atom stereocenters. The minimum absolute atomic E-state index is 0.126. The predicted octanol–water partition coefficient (Wildman–Crippen LogP) is 7.49. The second kappa shape index (κ2) is 7.40. The minimum Gasteiger partial charge on any atom is -0.497 e. The summed E-state index contributed by atoms with van der Waals surface area (Å²) < 4.78 is 11.2. The number of rotatable bonds is 2. The van der Waals surface area contributed by atoms with Crippen molar-refractivity contribution in [2.75, 3.05) is 14.2 Å². The van der Waals surface area contributed by atoms with Crippen molar-refractivity contribution in [1.29, 1.82) is 0 Å². The van der Waals surface area contributed by atoms with Crippen LogP contribution in [0, 0.1) is 0 Å². The van der Waals surface area contributed by atoms with Crippen LogP contribution in [0.3, 0.4) is 0 Å². The lowest BCUT2D eigenvalue weighted by atomic mass is 9.79. The Kier molecular flexibility index (Phi) is 4.89. The Balaban J connectivity index is 1.78. The van der Waals surface area contributed by atoms with Gasteiger partial charge in [0.2, 0.25) is 0 Å². The van der Waals surface area contributed by atoms with Gasteiger partial charge < -0.3 is 9.47 Å². The molecule has 0 atom stereocenters. The van der Waals surface area contributed by atoms with E-state index in [9.17, 15) is 0 Å². The fraction of sp³-hybridized carbons (Fsp3) is 0.400. The summed E-state index contributed by atoms with van der Waals surface area (Å²) in [5.41, 5.74) is 11.4. The molecule has 0 aromatic heterocycles. The summed E-state index contributed by atoms with van der Waals surface area (Å²) in [6.07, 6.45) is 4.42. The standard InChI is InChI=1S/C30H34O2/c1-29(2)13-11-19-15-24-20(16-23(19)25-17-21(31-5)7-9-27(25)29)12-14-30(3,4)28-10-8-22(32-6)18-26(24)28/h7-10,15-18H,11-14H2,1-6H3. The van der Waals surface area contributed by atoms with Crippen LogP contribution in [0.5, 0.6) is 11.5 Å². The molecule has 0 amide bonds. The number of hydrogen-bond acceptors (Lipinski definition) is 2. The normalized spacial score (nSPS) is 17.7. The predicted molar refractivity (Wildman–Crippen MR) is 133 cm³/mol. The Bertz CT molecular complexity index is 1100. The third-order valence-electron chi connectivity index (χ3n) is 7.86. The number of methoxy groups -OCH3 is 2. The van der Waals surface area contributed by atoms with Gasteiger partial charge in [-0.3, -0.25) is 0 Å². The highest BCUT2D eigenvalue weighted by molar-refractivity contribution is 5.82. The van der Waals surface area contributed by atoms with Crippen molar-refractivity contribution in [1.82, 2.24) is 0 Å². The van der Waals surface area contributed by atoms with E-state index in [1.165, 1.54) is 44.5 Å². The van der Waals surface area contributed by atoms with Gasteiger partial charge in [0, 0.05) is 0 Å². The number of fused-ring (bicyclic) bond motifs is 6. The van der Waals surface area contributed by atoms with Crippen LogP contribution >= 0.6 is 0 Å². The van der Waals surface area contributed by atoms with Crippen LogP contribution in [0.1, 0.15) is 62.8 Å². The fourth-order valence-corrected chi connectivity index (χ4v) is 5.69. The van der Waals surface area contributed by atoms with E-state index in [1.54, 1.807) is 14.2 Å². The van der Waals surface area contributed by atoms with Gasteiger partial charge >= 0.3 is 0 Å². The molecule has 0 fully saturated rings. The van der Waals surface area contributed by atoms with Crippen LogP contribution < -0.4 is 9.47 Å². The molecule has 0 saturated heterocycles. The number of benzene rings is 3. The SMILES string of the molecule is COc1ccc2c(c1)-c1cc3c(cc1CCC2(C)C)-c1cc(OC)ccc1C(C)(C)CC3. The van der Waals surface area contributed by atoms with E-state index in [1.807, 2.05) is 0 Å². The lowest BCUT2D eigenvalue weighted by Gasteiger charge is -2.26. The highest BCUT2D eigenvalue weighted by Crippen LogP contribution is 2.48.